The largest absolute Gasteiger partial charge is 0.334 e. The lowest BCUT2D eigenvalue weighted by molar-refractivity contribution is -0.133. The Kier molecular flexibility index (Phi) is 4.34. The minimum Gasteiger partial charge on any atom is -0.334 e. The van der Waals surface area contributed by atoms with Crippen molar-refractivity contribution in [3.05, 3.63) is 78.1 Å². The van der Waals surface area contributed by atoms with Gasteiger partial charge in [0, 0.05) is 25.2 Å². The van der Waals surface area contributed by atoms with Gasteiger partial charge in [0.2, 0.25) is 11.8 Å². The maximum Gasteiger partial charge on any atom is 0.237 e. The first kappa shape index (κ1) is 18.5. The van der Waals surface area contributed by atoms with E-state index in [1.807, 2.05) is 24.3 Å². The first-order chi connectivity index (χ1) is 14.6. The Hall–Kier alpha value is -3.55. The predicted molar refractivity (Wildman–Crippen MR) is 107 cm³/mol. The van der Waals surface area contributed by atoms with Gasteiger partial charge in [0.15, 0.2) is 0 Å². The number of benzene rings is 2. The van der Waals surface area contributed by atoms with Gasteiger partial charge in [-0.05, 0) is 35.7 Å². The molecule has 7 nitrogen and oxygen atoms in total. The molecular weight excluding hydrogens is 385 g/mol. The Morgan fingerprint density at radius 2 is 1.87 bits per heavy atom. The number of aryl methyl sites for hydroxylation is 1. The smallest absolute Gasteiger partial charge is 0.237 e. The maximum atomic E-state index is 13.6. The van der Waals surface area contributed by atoms with Crippen LogP contribution in [0, 0.1) is 5.82 Å². The molecule has 1 N–H and O–H groups in total. The van der Waals surface area contributed by atoms with Crippen LogP contribution < -0.4 is 5.32 Å². The Labute approximate surface area is 172 Å². The zero-order valence-corrected chi connectivity index (χ0v) is 16.2. The second-order valence-corrected chi connectivity index (χ2v) is 7.71. The van der Waals surface area contributed by atoms with Crippen LogP contribution in [0.15, 0.2) is 61.2 Å². The number of carbonyl (C=O) groups is 2. The van der Waals surface area contributed by atoms with Crippen LogP contribution in [0.5, 0.6) is 0 Å². The van der Waals surface area contributed by atoms with E-state index in [4.69, 9.17) is 0 Å². The van der Waals surface area contributed by atoms with E-state index in [1.54, 1.807) is 34.3 Å². The number of hydrogen-bond acceptors (Lipinski definition) is 4. The third-order valence-electron chi connectivity index (χ3n) is 6.14. The van der Waals surface area contributed by atoms with E-state index in [-0.39, 0.29) is 24.1 Å². The van der Waals surface area contributed by atoms with Crippen molar-refractivity contribution in [1.82, 2.24) is 19.7 Å². The quantitative estimate of drug-likeness (QED) is 0.724. The lowest BCUT2D eigenvalue weighted by Crippen LogP contribution is -2.42. The number of halogens is 1. The molecule has 1 saturated heterocycles. The number of likely N-dealkylation sites (tertiary alicyclic amines) is 1. The number of aromatic nitrogens is 3. The van der Waals surface area contributed by atoms with E-state index in [2.05, 4.69) is 15.5 Å². The molecule has 8 heteroatoms. The van der Waals surface area contributed by atoms with E-state index in [1.165, 1.54) is 12.1 Å². The van der Waals surface area contributed by atoms with Crippen LogP contribution >= 0.6 is 0 Å². The number of anilines is 1. The van der Waals surface area contributed by atoms with Gasteiger partial charge in [0.1, 0.15) is 23.9 Å². The highest BCUT2D eigenvalue weighted by atomic mass is 19.1. The number of rotatable bonds is 4. The van der Waals surface area contributed by atoms with Crippen molar-refractivity contribution in [2.45, 2.75) is 30.8 Å². The van der Waals surface area contributed by atoms with Crippen molar-refractivity contribution in [2.75, 3.05) is 11.9 Å². The van der Waals surface area contributed by atoms with Crippen molar-refractivity contribution in [1.29, 1.82) is 0 Å². The monoisotopic (exact) mass is 405 g/mol. The topological polar surface area (TPSA) is 80.1 Å². The number of fused-ring (bicyclic) bond motifs is 2. The maximum absolute atomic E-state index is 13.6. The van der Waals surface area contributed by atoms with Gasteiger partial charge in [-0.25, -0.2) is 4.39 Å². The van der Waals surface area contributed by atoms with Gasteiger partial charge in [0.25, 0.3) is 0 Å². The Bertz CT molecular complexity index is 1100. The van der Waals surface area contributed by atoms with Crippen molar-refractivity contribution in [3.8, 4) is 0 Å². The van der Waals surface area contributed by atoms with Crippen molar-refractivity contribution < 1.29 is 14.0 Å². The Balaban J connectivity index is 1.54. The molecule has 3 heterocycles. The third kappa shape index (κ3) is 2.79. The van der Waals surface area contributed by atoms with Crippen LogP contribution in [0.4, 0.5) is 10.1 Å². The molecule has 0 radical (unpaired) electrons. The highest BCUT2D eigenvalue weighted by Crippen LogP contribution is 2.54. The van der Waals surface area contributed by atoms with Gasteiger partial charge in [0.05, 0.1) is 6.04 Å². The van der Waals surface area contributed by atoms with Crippen molar-refractivity contribution >= 4 is 17.5 Å². The van der Waals surface area contributed by atoms with Crippen LogP contribution in [-0.4, -0.2) is 38.0 Å². The van der Waals surface area contributed by atoms with Crippen LogP contribution in [0.2, 0.25) is 0 Å². The average Bonchev–Trinajstić information content (AvgIpc) is 3.47. The molecule has 0 unspecified atom stereocenters. The van der Waals surface area contributed by atoms with E-state index in [0.717, 1.165) is 16.8 Å². The molecule has 5 rings (SSSR count). The van der Waals surface area contributed by atoms with E-state index in [9.17, 15) is 14.0 Å². The van der Waals surface area contributed by atoms with Crippen LogP contribution in [0.1, 0.15) is 30.0 Å². The number of hydrogen-bond donors (Lipinski definition) is 1. The van der Waals surface area contributed by atoms with Gasteiger partial charge < -0.3 is 14.8 Å². The second kappa shape index (κ2) is 7.05. The summed E-state index contributed by atoms with van der Waals surface area (Å²) in [6.07, 6.45) is 3.90. The number of para-hydroxylation sites is 1. The molecule has 2 atom stereocenters. The normalized spacial score (nSPS) is 22.4. The van der Waals surface area contributed by atoms with Crippen LogP contribution in [-0.2, 0) is 21.5 Å². The van der Waals surface area contributed by atoms with E-state index >= 15 is 0 Å². The fourth-order valence-corrected chi connectivity index (χ4v) is 4.77. The number of carbonyl (C=O) groups excluding carboxylic acids is 2. The predicted octanol–water partition coefficient (Wildman–Crippen LogP) is 2.67. The summed E-state index contributed by atoms with van der Waals surface area (Å²) in [4.78, 5) is 28.3. The summed E-state index contributed by atoms with van der Waals surface area (Å²) in [6.45, 7) is 0.902. The number of nitrogens with one attached hydrogen (secondary N) is 1. The molecule has 152 valence electrons. The highest BCUT2D eigenvalue weighted by Gasteiger charge is 2.59. The molecule has 0 aliphatic carbocycles. The van der Waals surface area contributed by atoms with Gasteiger partial charge in [-0.1, -0.05) is 30.3 Å². The summed E-state index contributed by atoms with van der Waals surface area (Å²) in [5.74, 6) is -0.535. The zero-order valence-electron chi connectivity index (χ0n) is 16.2. The second-order valence-electron chi connectivity index (χ2n) is 7.71. The third-order valence-corrected chi connectivity index (χ3v) is 6.14. The standard InChI is InChI=1S/C22H20FN5O2/c23-16-7-5-15(6-8-16)20-22(17-3-1-2-4-18(17)26-21(22)30)10-12-28(20)19(29)9-11-27-13-24-25-14-27/h1-8,13-14,20H,9-12H2,(H,26,30)/t20-,22+/m0/s1. The molecule has 2 aliphatic heterocycles. The zero-order chi connectivity index (χ0) is 20.7. The van der Waals surface area contributed by atoms with Crippen molar-refractivity contribution in [3.63, 3.8) is 0 Å². The van der Waals surface area contributed by atoms with Gasteiger partial charge in [-0.15, -0.1) is 10.2 Å². The minimum absolute atomic E-state index is 0.0629. The minimum atomic E-state index is -0.888. The summed E-state index contributed by atoms with van der Waals surface area (Å²) in [5.41, 5.74) is 1.52. The molecule has 2 amide bonds. The van der Waals surface area contributed by atoms with Crippen molar-refractivity contribution in [2.24, 2.45) is 0 Å². The molecule has 1 aromatic heterocycles. The van der Waals surface area contributed by atoms with Gasteiger partial charge in [-0.2, -0.15) is 0 Å². The van der Waals surface area contributed by atoms with Crippen LogP contribution in [0.3, 0.4) is 0 Å². The fourth-order valence-electron chi connectivity index (χ4n) is 4.77. The molecule has 2 aromatic carbocycles. The first-order valence-corrected chi connectivity index (χ1v) is 9.88. The molecule has 1 fully saturated rings. The molecule has 1 spiro atoms. The van der Waals surface area contributed by atoms with Gasteiger partial charge in [-0.3, -0.25) is 9.59 Å². The fraction of sp³-hybridized carbons (Fsp3) is 0.273. The highest BCUT2D eigenvalue weighted by molar-refractivity contribution is 6.07. The van der Waals surface area contributed by atoms with Crippen LogP contribution in [0.25, 0.3) is 0 Å². The summed E-state index contributed by atoms with van der Waals surface area (Å²) in [6, 6.07) is 13.2. The van der Waals surface area contributed by atoms with E-state index < -0.39 is 11.5 Å². The lowest BCUT2D eigenvalue weighted by atomic mass is 9.72. The number of amides is 2. The molecular formula is C22H20FN5O2. The lowest BCUT2D eigenvalue weighted by Gasteiger charge is -2.34. The average molecular weight is 405 g/mol. The molecule has 0 bridgehead atoms. The SMILES string of the molecule is O=C(CCn1cnnc1)N1CC[C@]2(C(=O)Nc3ccccc32)[C@@H]1c1ccc(F)cc1. The van der Waals surface area contributed by atoms with Gasteiger partial charge >= 0.3 is 0 Å². The van der Waals surface area contributed by atoms with E-state index in [0.29, 0.717) is 19.5 Å². The molecule has 0 saturated carbocycles. The Morgan fingerprint density at radius 1 is 1.13 bits per heavy atom. The summed E-state index contributed by atoms with van der Waals surface area (Å²) < 4.78 is 15.4. The summed E-state index contributed by atoms with van der Waals surface area (Å²) in [7, 11) is 0. The Morgan fingerprint density at radius 3 is 2.63 bits per heavy atom. The summed E-state index contributed by atoms with van der Waals surface area (Å²) in [5, 5.41) is 10.5. The number of nitrogens with zero attached hydrogens (tertiary/aromatic N) is 4. The summed E-state index contributed by atoms with van der Waals surface area (Å²) >= 11 is 0. The molecule has 30 heavy (non-hydrogen) atoms. The molecule has 3 aromatic rings. The first-order valence-electron chi connectivity index (χ1n) is 9.88. The molecule has 2 aliphatic rings.